The number of amides is 1. The van der Waals surface area contributed by atoms with Crippen LogP contribution < -0.4 is 9.64 Å². The Morgan fingerprint density at radius 3 is 2.62 bits per heavy atom. The van der Waals surface area contributed by atoms with E-state index in [0.29, 0.717) is 37.0 Å². The van der Waals surface area contributed by atoms with Gasteiger partial charge in [0.2, 0.25) is 5.91 Å². The highest BCUT2D eigenvalue weighted by Crippen LogP contribution is 2.36. The fourth-order valence-electron chi connectivity index (χ4n) is 4.13. The second kappa shape index (κ2) is 7.70. The maximum absolute atomic E-state index is 12.8. The van der Waals surface area contributed by atoms with Gasteiger partial charge in [0, 0.05) is 24.6 Å². The summed E-state index contributed by atoms with van der Waals surface area (Å²) in [5.41, 5.74) is 5.17. The van der Waals surface area contributed by atoms with Crippen molar-refractivity contribution in [2.24, 2.45) is 0 Å². The standard InChI is InChI=1S/C23H25N3O3/c1-5-28-19-9-7-6-8-18(19)23-24-22(25-29-23)17-12-20(27)26(13-17)21-15(3)10-14(2)11-16(21)4/h6-11,17H,5,12-13H2,1-4H3. The fraction of sp³-hybridized carbons (Fsp3) is 0.348. The van der Waals surface area contributed by atoms with Crippen LogP contribution in [0.2, 0.25) is 0 Å². The molecule has 1 unspecified atom stereocenters. The Kier molecular flexibility index (Phi) is 5.09. The fourth-order valence-corrected chi connectivity index (χ4v) is 4.13. The number of nitrogens with zero attached hydrogens (tertiary/aromatic N) is 3. The predicted molar refractivity (Wildman–Crippen MR) is 111 cm³/mol. The van der Waals surface area contributed by atoms with Crippen molar-refractivity contribution in [3.8, 4) is 17.2 Å². The second-order valence-electron chi connectivity index (χ2n) is 7.54. The Morgan fingerprint density at radius 2 is 1.90 bits per heavy atom. The lowest BCUT2D eigenvalue weighted by atomic mass is 10.0. The van der Waals surface area contributed by atoms with E-state index in [1.165, 1.54) is 5.56 Å². The maximum atomic E-state index is 12.8. The zero-order valence-electron chi connectivity index (χ0n) is 17.2. The molecular weight excluding hydrogens is 366 g/mol. The summed E-state index contributed by atoms with van der Waals surface area (Å²) in [7, 11) is 0. The predicted octanol–water partition coefficient (Wildman–Crippen LogP) is 4.58. The molecule has 0 aliphatic carbocycles. The van der Waals surface area contributed by atoms with Crippen molar-refractivity contribution >= 4 is 11.6 Å². The number of hydrogen-bond donors (Lipinski definition) is 0. The molecule has 1 aliphatic heterocycles. The number of carbonyl (C=O) groups excluding carboxylic acids is 1. The van der Waals surface area contributed by atoms with Gasteiger partial charge < -0.3 is 14.2 Å². The molecule has 0 N–H and O–H groups in total. The van der Waals surface area contributed by atoms with Crippen molar-refractivity contribution < 1.29 is 14.1 Å². The smallest absolute Gasteiger partial charge is 0.261 e. The molecular formula is C23H25N3O3. The molecule has 1 saturated heterocycles. The van der Waals surface area contributed by atoms with Gasteiger partial charge in [0.15, 0.2) is 5.82 Å². The van der Waals surface area contributed by atoms with E-state index >= 15 is 0 Å². The average Bonchev–Trinajstić information content (AvgIpc) is 3.29. The molecule has 0 spiro atoms. The number of aryl methyl sites for hydroxylation is 3. The number of aromatic nitrogens is 2. The van der Waals surface area contributed by atoms with Gasteiger partial charge in [-0.15, -0.1) is 0 Å². The number of para-hydroxylation sites is 1. The first-order valence-corrected chi connectivity index (χ1v) is 9.92. The highest BCUT2D eigenvalue weighted by atomic mass is 16.5. The van der Waals surface area contributed by atoms with Gasteiger partial charge in [-0.05, 0) is 51.0 Å². The molecule has 6 heteroatoms. The maximum Gasteiger partial charge on any atom is 0.261 e. The van der Waals surface area contributed by atoms with Crippen LogP contribution in [0.3, 0.4) is 0 Å². The highest BCUT2D eigenvalue weighted by Gasteiger charge is 2.36. The third kappa shape index (κ3) is 3.62. The largest absolute Gasteiger partial charge is 0.493 e. The van der Waals surface area contributed by atoms with Gasteiger partial charge in [0.1, 0.15) is 5.75 Å². The van der Waals surface area contributed by atoms with E-state index in [9.17, 15) is 4.79 Å². The van der Waals surface area contributed by atoms with Crippen molar-refractivity contribution in [3.05, 3.63) is 58.9 Å². The molecule has 0 radical (unpaired) electrons. The van der Waals surface area contributed by atoms with Gasteiger partial charge in [-0.25, -0.2) is 0 Å². The summed E-state index contributed by atoms with van der Waals surface area (Å²) in [4.78, 5) is 19.2. The lowest BCUT2D eigenvalue weighted by Crippen LogP contribution is -2.26. The summed E-state index contributed by atoms with van der Waals surface area (Å²) < 4.78 is 11.2. The topological polar surface area (TPSA) is 68.5 Å². The summed E-state index contributed by atoms with van der Waals surface area (Å²) in [5, 5.41) is 4.18. The van der Waals surface area contributed by atoms with Gasteiger partial charge in [0.25, 0.3) is 5.89 Å². The van der Waals surface area contributed by atoms with E-state index in [0.717, 1.165) is 22.4 Å². The molecule has 150 valence electrons. The Labute approximate surface area is 170 Å². The third-order valence-electron chi connectivity index (χ3n) is 5.25. The molecule has 3 aromatic rings. The molecule has 1 fully saturated rings. The van der Waals surface area contributed by atoms with E-state index in [1.54, 1.807) is 0 Å². The molecule has 1 aliphatic rings. The van der Waals surface area contributed by atoms with Crippen LogP contribution >= 0.6 is 0 Å². The molecule has 1 aromatic heterocycles. The first kappa shape index (κ1) is 19.2. The molecule has 1 amide bonds. The molecule has 6 nitrogen and oxygen atoms in total. The van der Waals surface area contributed by atoms with Gasteiger partial charge in [-0.1, -0.05) is 35.0 Å². The SMILES string of the molecule is CCOc1ccccc1-c1nc(C2CC(=O)N(c3c(C)cc(C)cc3C)C2)no1. The van der Waals surface area contributed by atoms with E-state index in [2.05, 4.69) is 29.2 Å². The van der Waals surface area contributed by atoms with Crippen LogP contribution in [0.25, 0.3) is 11.5 Å². The number of ether oxygens (including phenoxy) is 1. The Hall–Kier alpha value is -3.15. The van der Waals surface area contributed by atoms with Gasteiger partial charge >= 0.3 is 0 Å². The van der Waals surface area contributed by atoms with Crippen molar-refractivity contribution in [1.29, 1.82) is 0 Å². The molecule has 4 rings (SSSR count). The Morgan fingerprint density at radius 1 is 1.17 bits per heavy atom. The minimum absolute atomic E-state index is 0.0890. The minimum atomic E-state index is -0.0978. The Bertz CT molecular complexity index is 1030. The first-order chi connectivity index (χ1) is 14.0. The lowest BCUT2D eigenvalue weighted by molar-refractivity contribution is -0.117. The summed E-state index contributed by atoms with van der Waals surface area (Å²) >= 11 is 0. The van der Waals surface area contributed by atoms with Crippen LogP contribution in [-0.4, -0.2) is 29.2 Å². The molecule has 0 saturated carbocycles. The zero-order valence-corrected chi connectivity index (χ0v) is 17.2. The van der Waals surface area contributed by atoms with Crippen molar-refractivity contribution in [2.45, 2.75) is 40.0 Å². The third-order valence-corrected chi connectivity index (χ3v) is 5.25. The van der Waals surface area contributed by atoms with E-state index < -0.39 is 0 Å². The first-order valence-electron chi connectivity index (χ1n) is 9.92. The second-order valence-corrected chi connectivity index (χ2v) is 7.54. The number of anilines is 1. The van der Waals surface area contributed by atoms with Gasteiger partial charge in [0.05, 0.1) is 12.2 Å². The molecule has 0 bridgehead atoms. The lowest BCUT2D eigenvalue weighted by Gasteiger charge is -2.22. The van der Waals surface area contributed by atoms with E-state index in [1.807, 2.05) is 49.9 Å². The van der Waals surface area contributed by atoms with Crippen LogP contribution in [0.15, 0.2) is 40.9 Å². The quantitative estimate of drug-likeness (QED) is 0.637. The highest BCUT2D eigenvalue weighted by molar-refractivity contribution is 5.97. The van der Waals surface area contributed by atoms with Gasteiger partial charge in [-0.2, -0.15) is 4.98 Å². The van der Waals surface area contributed by atoms with Crippen LogP contribution in [0.1, 0.15) is 41.8 Å². The number of hydrogen-bond acceptors (Lipinski definition) is 5. The molecule has 1 atom stereocenters. The van der Waals surface area contributed by atoms with Crippen LogP contribution in [0.5, 0.6) is 5.75 Å². The summed E-state index contributed by atoms with van der Waals surface area (Å²) in [6.45, 7) is 9.21. The summed E-state index contributed by atoms with van der Waals surface area (Å²) in [6.07, 6.45) is 0.374. The Balaban J connectivity index is 1.60. The van der Waals surface area contributed by atoms with Crippen LogP contribution in [0.4, 0.5) is 5.69 Å². The molecule has 29 heavy (non-hydrogen) atoms. The number of rotatable bonds is 5. The van der Waals surface area contributed by atoms with Crippen molar-refractivity contribution in [2.75, 3.05) is 18.1 Å². The summed E-state index contributed by atoms with van der Waals surface area (Å²) in [5.74, 6) is 1.67. The number of carbonyl (C=O) groups is 1. The average molecular weight is 391 g/mol. The normalized spacial score (nSPS) is 16.5. The van der Waals surface area contributed by atoms with Crippen LogP contribution in [0, 0.1) is 20.8 Å². The zero-order chi connectivity index (χ0) is 20.5. The van der Waals surface area contributed by atoms with E-state index in [4.69, 9.17) is 9.26 Å². The monoisotopic (exact) mass is 391 g/mol. The molecule has 2 heterocycles. The van der Waals surface area contributed by atoms with Crippen LogP contribution in [-0.2, 0) is 4.79 Å². The van der Waals surface area contributed by atoms with E-state index in [-0.39, 0.29) is 11.8 Å². The molecule has 2 aromatic carbocycles. The summed E-state index contributed by atoms with van der Waals surface area (Å²) in [6, 6.07) is 11.8. The number of benzene rings is 2. The van der Waals surface area contributed by atoms with Crippen molar-refractivity contribution in [3.63, 3.8) is 0 Å². The minimum Gasteiger partial charge on any atom is -0.493 e. The van der Waals surface area contributed by atoms with Gasteiger partial charge in [-0.3, -0.25) is 4.79 Å². The van der Waals surface area contributed by atoms with Crippen molar-refractivity contribution in [1.82, 2.24) is 10.1 Å².